The maximum Gasteiger partial charge on any atom is 0.245 e. The van der Waals surface area contributed by atoms with Crippen LogP contribution in [0.5, 0.6) is 0 Å². The predicted octanol–water partition coefficient (Wildman–Crippen LogP) is 9.09. The van der Waals surface area contributed by atoms with Gasteiger partial charge in [0.25, 0.3) is 0 Å². The molecule has 0 saturated carbocycles. The monoisotopic (exact) mass is 854 g/mol. The highest BCUT2D eigenvalue weighted by molar-refractivity contribution is 5.90. The van der Waals surface area contributed by atoms with Crippen LogP contribution in [0.3, 0.4) is 0 Å². The van der Waals surface area contributed by atoms with Crippen LogP contribution in [0.2, 0.25) is 0 Å². The molecule has 5 atom stereocenters. The van der Waals surface area contributed by atoms with E-state index in [4.69, 9.17) is 18.9 Å². The third-order valence-corrected chi connectivity index (χ3v) is 11.7. The molecule has 6 rings (SSSR count). The van der Waals surface area contributed by atoms with Crippen molar-refractivity contribution in [1.29, 1.82) is 0 Å². The zero-order valence-electron chi connectivity index (χ0n) is 38.1. The molecule has 9 heteroatoms. The highest BCUT2D eigenvalue weighted by Crippen LogP contribution is 2.40. The molecule has 1 heterocycles. The van der Waals surface area contributed by atoms with Gasteiger partial charge in [-0.3, -0.25) is 9.59 Å². The van der Waals surface area contributed by atoms with Crippen LogP contribution in [-0.4, -0.2) is 73.9 Å². The molecule has 1 saturated heterocycles. The number of amides is 2. The molecule has 0 spiro atoms. The molecule has 0 radical (unpaired) electrons. The van der Waals surface area contributed by atoms with E-state index >= 15 is 0 Å². The fraction of sp³-hybridized carbons (Fsp3) is 0.407. The molecule has 2 N–H and O–H groups in total. The molecule has 0 bridgehead atoms. The molecule has 1 aliphatic rings. The number of likely N-dealkylation sites (N-methyl/N-ethyl adjacent to an activating group) is 1. The number of benzene rings is 5. The molecule has 9 nitrogen and oxygen atoms in total. The fourth-order valence-electron chi connectivity index (χ4n) is 8.02. The second-order valence-electron chi connectivity index (χ2n) is 17.6. The first-order valence-electron chi connectivity index (χ1n) is 22.5. The number of hydrogen-bond acceptors (Lipinski definition) is 7. The molecule has 5 aromatic carbocycles. The van der Waals surface area contributed by atoms with E-state index in [1.807, 2.05) is 73.6 Å². The standard InChI is InChI=1S/C54H67N3O6/c1-7-47-50(60-36-42-18-11-8-12-19-42)52(62-38-44-22-15-10-16-23-44)51(61-37-43-20-13-9-14-21-43)49(63-47)45-31-26-39(2)46(35-45)34-41-29-27-40(28-30-41)24-17-25-48(58)56-54(3,4)53(59)55-32-33-57(5)6/h8-16,18-23,26-31,35,47,49-52H,7,17,24-25,32-34,36-38H2,1-6H3,(H,55,59)(H,56,58)/t47-,49+,50-,51+,52+/m1/s1. The van der Waals surface area contributed by atoms with Crippen LogP contribution in [0.15, 0.2) is 133 Å². The zero-order chi connectivity index (χ0) is 44.6. The third kappa shape index (κ3) is 14.2. The molecular weight excluding hydrogens is 787 g/mol. The Kier molecular flexibility index (Phi) is 17.7. The average molecular weight is 854 g/mol. The minimum absolute atomic E-state index is 0.126. The van der Waals surface area contributed by atoms with Crippen molar-refractivity contribution in [3.05, 3.63) is 178 Å². The first kappa shape index (κ1) is 47.3. The lowest BCUT2D eigenvalue weighted by atomic mass is 9.87. The largest absolute Gasteiger partial charge is 0.368 e. The lowest BCUT2D eigenvalue weighted by molar-refractivity contribution is -0.267. The number of hydrogen-bond donors (Lipinski definition) is 2. The van der Waals surface area contributed by atoms with Gasteiger partial charge in [-0.2, -0.15) is 0 Å². The second kappa shape index (κ2) is 23.5. The van der Waals surface area contributed by atoms with Crippen LogP contribution >= 0.6 is 0 Å². The first-order valence-corrected chi connectivity index (χ1v) is 22.5. The lowest BCUT2D eigenvalue weighted by Gasteiger charge is -2.46. The summed E-state index contributed by atoms with van der Waals surface area (Å²) in [6, 6.07) is 46.1. The summed E-state index contributed by atoms with van der Waals surface area (Å²) in [6.45, 7) is 10.3. The topological polar surface area (TPSA) is 98.4 Å². The molecule has 1 aliphatic heterocycles. The van der Waals surface area contributed by atoms with Gasteiger partial charge in [0, 0.05) is 19.5 Å². The van der Waals surface area contributed by atoms with Crippen molar-refractivity contribution in [3.8, 4) is 0 Å². The Morgan fingerprint density at radius 2 is 1.22 bits per heavy atom. The Labute approximate surface area is 375 Å². The van der Waals surface area contributed by atoms with Gasteiger partial charge in [-0.25, -0.2) is 0 Å². The fourth-order valence-corrected chi connectivity index (χ4v) is 8.02. The van der Waals surface area contributed by atoms with Gasteiger partial charge in [0.15, 0.2) is 0 Å². The van der Waals surface area contributed by atoms with Gasteiger partial charge in [-0.1, -0.05) is 140 Å². The molecule has 1 fully saturated rings. The van der Waals surface area contributed by atoms with Gasteiger partial charge in [0.1, 0.15) is 30.0 Å². The molecule has 334 valence electrons. The molecule has 0 aliphatic carbocycles. The molecule has 63 heavy (non-hydrogen) atoms. The van der Waals surface area contributed by atoms with Crippen molar-refractivity contribution >= 4 is 11.8 Å². The number of aryl methyl sites for hydroxylation is 2. The van der Waals surface area contributed by atoms with Crippen LogP contribution in [-0.2, 0) is 61.2 Å². The van der Waals surface area contributed by atoms with E-state index in [9.17, 15) is 9.59 Å². The number of ether oxygens (including phenoxy) is 4. The Morgan fingerprint density at radius 3 is 1.78 bits per heavy atom. The van der Waals surface area contributed by atoms with E-state index < -0.39 is 23.9 Å². The van der Waals surface area contributed by atoms with E-state index in [1.54, 1.807) is 13.8 Å². The van der Waals surface area contributed by atoms with Gasteiger partial charge in [-0.15, -0.1) is 0 Å². The van der Waals surface area contributed by atoms with E-state index in [0.717, 1.165) is 48.1 Å². The van der Waals surface area contributed by atoms with Crippen molar-refractivity contribution in [2.24, 2.45) is 0 Å². The summed E-state index contributed by atoms with van der Waals surface area (Å²) in [4.78, 5) is 27.5. The Balaban J connectivity index is 1.16. The summed E-state index contributed by atoms with van der Waals surface area (Å²) >= 11 is 0. The van der Waals surface area contributed by atoms with E-state index in [1.165, 1.54) is 22.3 Å². The average Bonchev–Trinajstić information content (AvgIpc) is 3.28. The van der Waals surface area contributed by atoms with Gasteiger partial charge >= 0.3 is 0 Å². The van der Waals surface area contributed by atoms with Crippen molar-refractivity contribution in [3.63, 3.8) is 0 Å². The number of rotatable bonds is 22. The van der Waals surface area contributed by atoms with Gasteiger partial charge < -0.3 is 34.5 Å². The number of carbonyl (C=O) groups excluding carboxylic acids is 2. The summed E-state index contributed by atoms with van der Waals surface area (Å²) in [5.74, 6) is -0.310. The van der Waals surface area contributed by atoms with Crippen molar-refractivity contribution in [2.75, 3.05) is 27.2 Å². The van der Waals surface area contributed by atoms with Crippen LogP contribution in [0, 0.1) is 6.92 Å². The number of nitrogens with one attached hydrogen (secondary N) is 2. The van der Waals surface area contributed by atoms with Gasteiger partial charge in [0.2, 0.25) is 11.8 Å². The molecule has 2 amide bonds. The summed E-state index contributed by atoms with van der Waals surface area (Å²) in [7, 11) is 3.91. The van der Waals surface area contributed by atoms with Crippen LogP contribution in [0.1, 0.15) is 90.6 Å². The highest BCUT2D eigenvalue weighted by atomic mass is 16.6. The van der Waals surface area contributed by atoms with Crippen molar-refractivity contribution < 1.29 is 28.5 Å². The SMILES string of the molecule is CC[C@H]1O[C@@H](c2ccc(C)c(Cc3ccc(CCCC(=O)NC(C)(C)C(=O)NCCN(C)C)cc3)c2)[C@H](OCc2ccccc2)[C@@H](OCc2ccccc2)[C@@H]1OCc1ccccc1. The highest BCUT2D eigenvalue weighted by Gasteiger charge is 2.48. The Morgan fingerprint density at radius 1 is 0.683 bits per heavy atom. The molecule has 0 aromatic heterocycles. The minimum atomic E-state index is -0.978. The van der Waals surface area contributed by atoms with E-state index in [-0.39, 0.29) is 24.0 Å². The van der Waals surface area contributed by atoms with Crippen molar-refractivity contribution in [2.45, 2.75) is 116 Å². The molecule has 0 unspecified atom stereocenters. The van der Waals surface area contributed by atoms with Gasteiger partial charge in [0.05, 0.1) is 25.9 Å². The number of carbonyl (C=O) groups is 2. The maximum absolute atomic E-state index is 12.8. The quantitative estimate of drug-likeness (QED) is 0.0718. The maximum atomic E-state index is 12.8. The smallest absolute Gasteiger partial charge is 0.245 e. The Hall–Kier alpha value is -5.16. The zero-order valence-corrected chi connectivity index (χ0v) is 38.1. The van der Waals surface area contributed by atoms with Crippen LogP contribution in [0.4, 0.5) is 0 Å². The van der Waals surface area contributed by atoms with Crippen LogP contribution < -0.4 is 10.6 Å². The lowest BCUT2D eigenvalue weighted by Crippen LogP contribution is -2.57. The molecule has 5 aromatic rings. The Bertz CT molecular complexity index is 2150. The normalized spacial score (nSPS) is 18.9. The minimum Gasteiger partial charge on any atom is -0.368 e. The van der Waals surface area contributed by atoms with Gasteiger partial charge in [-0.05, 0) is 105 Å². The first-order chi connectivity index (χ1) is 30.5. The summed E-state index contributed by atoms with van der Waals surface area (Å²) in [6.07, 6.45) is 1.40. The molecular formula is C54H67N3O6. The summed E-state index contributed by atoms with van der Waals surface area (Å²) < 4.78 is 27.8. The van der Waals surface area contributed by atoms with Crippen molar-refractivity contribution in [1.82, 2.24) is 15.5 Å². The number of nitrogens with zero attached hydrogens (tertiary/aromatic N) is 1. The third-order valence-electron chi connectivity index (χ3n) is 11.7. The van der Waals surface area contributed by atoms with Crippen LogP contribution in [0.25, 0.3) is 0 Å². The predicted molar refractivity (Wildman–Crippen MR) is 250 cm³/mol. The van der Waals surface area contributed by atoms with E-state index in [0.29, 0.717) is 39.2 Å². The second-order valence-corrected chi connectivity index (χ2v) is 17.6. The summed E-state index contributed by atoms with van der Waals surface area (Å²) in [5, 5.41) is 5.82. The summed E-state index contributed by atoms with van der Waals surface area (Å²) in [5.41, 5.74) is 8.11. The van der Waals surface area contributed by atoms with E-state index in [2.05, 4.69) is 103 Å².